The Balaban J connectivity index is 2.28. The third-order valence-electron chi connectivity index (χ3n) is 2.30. The monoisotopic (exact) mass is 241 g/mol. The van der Waals surface area contributed by atoms with Gasteiger partial charge in [0.1, 0.15) is 0 Å². The summed E-state index contributed by atoms with van der Waals surface area (Å²) >= 11 is 7.14. The van der Waals surface area contributed by atoms with Crippen molar-refractivity contribution < 1.29 is 0 Å². The van der Waals surface area contributed by atoms with Crippen LogP contribution < -0.4 is 5.56 Å². The van der Waals surface area contributed by atoms with Crippen LogP contribution in [0.4, 0.5) is 0 Å². The van der Waals surface area contributed by atoms with Crippen LogP contribution in [0.15, 0.2) is 29.1 Å². The quantitative estimate of drug-likeness (QED) is 0.596. The van der Waals surface area contributed by atoms with E-state index in [1.54, 1.807) is 0 Å². The summed E-state index contributed by atoms with van der Waals surface area (Å²) in [6.07, 6.45) is 1.93. The topological polar surface area (TPSA) is 22.0 Å². The van der Waals surface area contributed by atoms with Gasteiger partial charge in [0.05, 0.1) is 10.1 Å². The molecule has 4 heteroatoms. The summed E-state index contributed by atoms with van der Waals surface area (Å²) in [6, 6.07) is 7.73. The SMILES string of the molecule is O=c1c2ccccc2sn1CCCCCl. The Morgan fingerprint density at radius 2 is 2.07 bits per heavy atom. The highest BCUT2D eigenvalue weighted by Gasteiger charge is 2.05. The predicted octanol–water partition coefficient (Wildman–Crippen LogP) is 3.08. The second-order valence-electron chi connectivity index (χ2n) is 3.39. The highest BCUT2D eigenvalue weighted by Crippen LogP contribution is 2.16. The van der Waals surface area contributed by atoms with Crippen molar-refractivity contribution in [3.8, 4) is 0 Å². The largest absolute Gasteiger partial charge is 0.268 e. The van der Waals surface area contributed by atoms with E-state index in [1.165, 1.54) is 11.5 Å². The number of halogens is 1. The molecule has 0 spiro atoms. The van der Waals surface area contributed by atoms with Crippen LogP contribution >= 0.6 is 23.1 Å². The molecule has 80 valence electrons. The fourth-order valence-corrected chi connectivity index (χ4v) is 2.74. The van der Waals surface area contributed by atoms with Gasteiger partial charge in [0.25, 0.3) is 5.56 Å². The van der Waals surface area contributed by atoms with Gasteiger partial charge in [-0.2, -0.15) is 0 Å². The van der Waals surface area contributed by atoms with Crippen molar-refractivity contribution in [1.82, 2.24) is 3.96 Å². The first-order valence-electron chi connectivity index (χ1n) is 4.98. The molecule has 0 saturated heterocycles. The number of hydrogen-bond acceptors (Lipinski definition) is 2. The van der Waals surface area contributed by atoms with Crippen molar-refractivity contribution >= 4 is 33.2 Å². The second-order valence-corrected chi connectivity index (χ2v) is 4.83. The summed E-state index contributed by atoms with van der Waals surface area (Å²) in [6.45, 7) is 0.783. The summed E-state index contributed by atoms with van der Waals surface area (Å²) in [4.78, 5) is 11.9. The minimum atomic E-state index is 0.130. The normalized spacial score (nSPS) is 11.0. The maximum absolute atomic E-state index is 11.9. The van der Waals surface area contributed by atoms with Crippen molar-refractivity contribution in [2.45, 2.75) is 19.4 Å². The van der Waals surface area contributed by atoms with Gasteiger partial charge in [0.2, 0.25) is 0 Å². The molecule has 0 fully saturated rings. The first-order chi connectivity index (χ1) is 7.33. The van der Waals surface area contributed by atoms with Crippen LogP contribution in [0.25, 0.3) is 10.1 Å². The van der Waals surface area contributed by atoms with Gasteiger partial charge in [-0.05, 0) is 25.0 Å². The lowest BCUT2D eigenvalue weighted by Gasteiger charge is -1.97. The lowest BCUT2D eigenvalue weighted by atomic mass is 10.3. The standard InChI is InChI=1S/C11H12ClNOS/c12-7-3-4-8-13-11(14)9-5-1-2-6-10(9)15-13/h1-2,5-6H,3-4,7-8H2. The molecule has 0 saturated carbocycles. The molecule has 1 aromatic heterocycles. The summed E-state index contributed by atoms with van der Waals surface area (Å²) in [5.41, 5.74) is 0.130. The van der Waals surface area contributed by atoms with E-state index >= 15 is 0 Å². The van der Waals surface area contributed by atoms with E-state index in [0.29, 0.717) is 5.88 Å². The van der Waals surface area contributed by atoms with Gasteiger partial charge in [-0.1, -0.05) is 23.7 Å². The molecule has 0 aliphatic heterocycles. The zero-order valence-electron chi connectivity index (χ0n) is 8.28. The molecule has 0 aliphatic carbocycles. The molecule has 1 heterocycles. The number of aryl methyl sites for hydroxylation is 1. The van der Waals surface area contributed by atoms with Crippen molar-refractivity contribution in [3.05, 3.63) is 34.6 Å². The summed E-state index contributed by atoms with van der Waals surface area (Å²) in [5.74, 6) is 0.666. The molecule has 2 rings (SSSR count). The Labute approximate surface area is 97.2 Å². The molecule has 0 atom stereocenters. The van der Waals surface area contributed by atoms with Crippen LogP contribution in [0.5, 0.6) is 0 Å². The molecule has 0 radical (unpaired) electrons. The van der Waals surface area contributed by atoms with E-state index < -0.39 is 0 Å². The van der Waals surface area contributed by atoms with Gasteiger partial charge in [-0.3, -0.25) is 8.75 Å². The molecular weight excluding hydrogens is 230 g/mol. The molecular formula is C11H12ClNOS. The maximum atomic E-state index is 11.9. The summed E-state index contributed by atoms with van der Waals surface area (Å²) in [7, 11) is 0. The molecule has 2 nitrogen and oxygen atoms in total. The van der Waals surface area contributed by atoms with Gasteiger partial charge in [-0.15, -0.1) is 11.6 Å². The predicted molar refractivity (Wildman–Crippen MR) is 66.0 cm³/mol. The number of rotatable bonds is 4. The summed E-state index contributed by atoms with van der Waals surface area (Å²) < 4.78 is 2.88. The smallest absolute Gasteiger partial charge is 0.268 e. The number of aromatic nitrogens is 1. The zero-order valence-corrected chi connectivity index (χ0v) is 9.85. The molecule has 0 bridgehead atoms. The Hall–Kier alpha value is -0.800. The highest BCUT2D eigenvalue weighted by atomic mass is 35.5. The molecule has 0 aliphatic rings. The molecule has 2 aromatic rings. The first kappa shape index (κ1) is 10.7. The van der Waals surface area contributed by atoms with E-state index in [0.717, 1.165) is 29.5 Å². The molecule has 0 unspecified atom stereocenters. The number of fused-ring (bicyclic) bond motifs is 1. The third kappa shape index (κ3) is 2.24. The minimum Gasteiger partial charge on any atom is -0.268 e. The van der Waals surface area contributed by atoms with Gasteiger partial charge >= 0.3 is 0 Å². The van der Waals surface area contributed by atoms with Crippen LogP contribution in [-0.2, 0) is 6.54 Å². The highest BCUT2D eigenvalue weighted by molar-refractivity contribution is 7.13. The number of hydrogen-bond donors (Lipinski definition) is 0. The van der Waals surface area contributed by atoms with E-state index in [-0.39, 0.29) is 5.56 Å². The Bertz CT molecular complexity index is 503. The maximum Gasteiger partial charge on any atom is 0.268 e. The fourth-order valence-electron chi connectivity index (χ4n) is 1.51. The number of nitrogens with zero attached hydrogens (tertiary/aromatic N) is 1. The van der Waals surface area contributed by atoms with Crippen LogP contribution in [0, 0.1) is 0 Å². The first-order valence-corrected chi connectivity index (χ1v) is 6.28. The van der Waals surface area contributed by atoms with Crippen molar-refractivity contribution in [2.24, 2.45) is 0 Å². The average Bonchev–Trinajstić information content (AvgIpc) is 2.57. The van der Waals surface area contributed by atoms with Gasteiger partial charge < -0.3 is 0 Å². The van der Waals surface area contributed by atoms with Crippen molar-refractivity contribution in [3.63, 3.8) is 0 Å². The van der Waals surface area contributed by atoms with E-state index in [9.17, 15) is 4.79 Å². The van der Waals surface area contributed by atoms with Gasteiger partial charge in [-0.25, -0.2) is 0 Å². The fraction of sp³-hybridized carbons (Fsp3) is 0.364. The van der Waals surface area contributed by atoms with Crippen LogP contribution in [0.2, 0.25) is 0 Å². The summed E-state index contributed by atoms with van der Waals surface area (Å²) in [5, 5.41) is 0.827. The minimum absolute atomic E-state index is 0.130. The zero-order chi connectivity index (χ0) is 10.7. The number of alkyl halides is 1. The number of benzene rings is 1. The lowest BCUT2D eigenvalue weighted by molar-refractivity contribution is 0.662. The Morgan fingerprint density at radius 1 is 1.27 bits per heavy atom. The van der Waals surface area contributed by atoms with Crippen LogP contribution in [0.1, 0.15) is 12.8 Å². The average molecular weight is 242 g/mol. The van der Waals surface area contributed by atoms with Crippen molar-refractivity contribution in [2.75, 3.05) is 5.88 Å². The second kappa shape index (κ2) is 4.81. The molecule has 0 amide bonds. The van der Waals surface area contributed by atoms with E-state index in [2.05, 4.69) is 0 Å². The Kier molecular flexibility index (Phi) is 3.44. The molecule has 15 heavy (non-hydrogen) atoms. The Morgan fingerprint density at radius 3 is 2.80 bits per heavy atom. The van der Waals surface area contributed by atoms with E-state index in [4.69, 9.17) is 11.6 Å². The van der Waals surface area contributed by atoms with Crippen molar-refractivity contribution in [1.29, 1.82) is 0 Å². The third-order valence-corrected chi connectivity index (χ3v) is 3.69. The molecule has 1 aromatic carbocycles. The molecule has 0 N–H and O–H groups in total. The van der Waals surface area contributed by atoms with Crippen LogP contribution in [0.3, 0.4) is 0 Å². The van der Waals surface area contributed by atoms with Gasteiger partial charge in [0, 0.05) is 12.4 Å². The van der Waals surface area contributed by atoms with Gasteiger partial charge in [0.15, 0.2) is 0 Å². The number of unbranched alkanes of at least 4 members (excludes halogenated alkanes) is 1. The van der Waals surface area contributed by atoms with E-state index in [1.807, 2.05) is 28.2 Å². The lowest BCUT2D eigenvalue weighted by Crippen LogP contribution is -2.12. The van der Waals surface area contributed by atoms with Crippen LogP contribution in [-0.4, -0.2) is 9.84 Å².